The Kier molecular flexibility index (Phi) is 4.69. The van der Waals surface area contributed by atoms with Gasteiger partial charge in [-0.2, -0.15) is 0 Å². The summed E-state index contributed by atoms with van der Waals surface area (Å²) in [5, 5.41) is 1.11. The molecule has 2 aliphatic heterocycles. The lowest BCUT2D eigenvalue weighted by atomic mass is 9.95. The molecule has 0 atom stereocenters. The second kappa shape index (κ2) is 7.09. The van der Waals surface area contributed by atoms with Crippen molar-refractivity contribution < 1.29 is 4.79 Å². The van der Waals surface area contributed by atoms with Crippen molar-refractivity contribution in [3.05, 3.63) is 24.3 Å². The highest BCUT2D eigenvalue weighted by Gasteiger charge is 2.29. The number of carbonyl (C=O) groups is 1. The molecule has 2 fully saturated rings. The predicted molar refractivity (Wildman–Crippen MR) is 99.6 cm³/mol. The number of hydrogen-bond acceptors (Lipinski definition) is 4. The number of anilines is 1. The summed E-state index contributed by atoms with van der Waals surface area (Å²) in [5.74, 6) is 0.620. The van der Waals surface area contributed by atoms with Crippen LogP contribution in [0.5, 0.6) is 0 Å². The molecule has 0 N–H and O–H groups in total. The number of fused-ring (bicyclic) bond motifs is 1. The van der Waals surface area contributed by atoms with Crippen LogP contribution in [0.1, 0.15) is 38.5 Å². The van der Waals surface area contributed by atoms with E-state index in [0.29, 0.717) is 5.91 Å². The van der Waals surface area contributed by atoms with Crippen LogP contribution < -0.4 is 4.90 Å². The maximum atomic E-state index is 12.8. The van der Waals surface area contributed by atoms with Gasteiger partial charge in [0.25, 0.3) is 0 Å². The molecule has 0 saturated carbocycles. The van der Waals surface area contributed by atoms with Gasteiger partial charge in [0.05, 0.1) is 10.2 Å². The molecule has 2 saturated heterocycles. The van der Waals surface area contributed by atoms with Gasteiger partial charge in [-0.05, 0) is 37.8 Å². The van der Waals surface area contributed by atoms with E-state index in [4.69, 9.17) is 4.98 Å². The first-order chi connectivity index (χ1) is 11.8. The third-order valence-corrected chi connectivity index (χ3v) is 6.41. The standard InChI is InChI=1S/C19H25N3OS/c23-18(21-11-5-1-2-6-12-21)15-9-13-22(14-10-15)19-20-16-7-3-4-8-17(16)24-19/h3-4,7-8,15H,1-2,5-6,9-14H2. The van der Waals surface area contributed by atoms with Crippen LogP contribution in [0.15, 0.2) is 24.3 Å². The Morgan fingerprint density at radius 3 is 2.42 bits per heavy atom. The van der Waals surface area contributed by atoms with Crippen molar-refractivity contribution in [2.75, 3.05) is 31.1 Å². The van der Waals surface area contributed by atoms with Gasteiger partial charge >= 0.3 is 0 Å². The summed E-state index contributed by atoms with van der Waals surface area (Å²) in [6.45, 7) is 3.84. The van der Waals surface area contributed by atoms with Crippen molar-refractivity contribution in [2.45, 2.75) is 38.5 Å². The Labute approximate surface area is 147 Å². The van der Waals surface area contributed by atoms with Gasteiger partial charge in [0, 0.05) is 32.1 Å². The van der Waals surface area contributed by atoms with Gasteiger partial charge in [-0.1, -0.05) is 36.3 Å². The van der Waals surface area contributed by atoms with Crippen LogP contribution in [-0.4, -0.2) is 42.0 Å². The second-order valence-corrected chi connectivity index (χ2v) is 7.97. The third-order valence-electron chi connectivity index (χ3n) is 5.32. The van der Waals surface area contributed by atoms with Crippen LogP contribution in [0.2, 0.25) is 0 Å². The van der Waals surface area contributed by atoms with E-state index >= 15 is 0 Å². The van der Waals surface area contributed by atoms with E-state index in [0.717, 1.165) is 49.7 Å². The number of likely N-dealkylation sites (tertiary alicyclic amines) is 1. The van der Waals surface area contributed by atoms with E-state index in [2.05, 4.69) is 28.0 Å². The molecular weight excluding hydrogens is 318 g/mol. The Morgan fingerprint density at radius 1 is 1.00 bits per heavy atom. The Bertz CT molecular complexity index is 664. The zero-order valence-corrected chi connectivity index (χ0v) is 14.9. The molecule has 1 aromatic heterocycles. The first-order valence-electron chi connectivity index (χ1n) is 9.20. The number of rotatable bonds is 2. The average molecular weight is 343 g/mol. The molecule has 24 heavy (non-hydrogen) atoms. The number of thiazole rings is 1. The van der Waals surface area contributed by atoms with Crippen molar-refractivity contribution in [3.8, 4) is 0 Å². The fraction of sp³-hybridized carbons (Fsp3) is 0.579. The van der Waals surface area contributed by atoms with Crippen LogP contribution in [0.3, 0.4) is 0 Å². The van der Waals surface area contributed by atoms with E-state index in [1.165, 1.54) is 30.4 Å². The molecule has 0 spiro atoms. The van der Waals surface area contributed by atoms with Gasteiger partial charge in [0.1, 0.15) is 0 Å². The first kappa shape index (κ1) is 15.9. The highest BCUT2D eigenvalue weighted by Crippen LogP contribution is 2.32. The molecule has 128 valence electrons. The number of benzene rings is 1. The Balaban J connectivity index is 1.38. The lowest BCUT2D eigenvalue weighted by Crippen LogP contribution is -2.43. The van der Waals surface area contributed by atoms with Crippen molar-refractivity contribution in [2.24, 2.45) is 5.92 Å². The maximum absolute atomic E-state index is 12.8. The number of carbonyl (C=O) groups excluding carboxylic acids is 1. The molecule has 2 aromatic rings. The lowest BCUT2D eigenvalue weighted by molar-refractivity contribution is -0.136. The summed E-state index contributed by atoms with van der Waals surface area (Å²) in [6.07, 6.45) is 6.84. The molecule has 5 heteroatoms. The molecule has 1 aromatic carbocycles. The molecule has 0 radical (unpaired) electrons. The molecule has 0 bridgehead atoms. The zero-order valence-electron chi connectivity index (χ0n) is 14.1. The number of amides is 1. The minimum atomic E-state index is 0.216. The van der Waals surface area contributed by atoms with Crippen LogP contribution >= 0.6 is 11.3 Å². The molecule has 4 nitrogen and oxygen atoms in total. The van der Waals surface area contributed by atoms with Gasteiger partial charge < -0.3 is 9.80 Å². The summed E-state index contributed by atoms with van der Waals surface area (Å²) in [6, 6.07) is 8.31. The van der Waals surface area contributed by atoms with E-state index in [9.17, 15) is 4.79 Å². The van der Waals surface area contributed by atoms with Crippen molar-refractivity contribution >= 4 is 32.6 Å². The Hall–Kier alpha value is -1.62. The van der Waals surface area contributed by atoms with Gasteiger partial charge in [0.2, 0.25) is 5.91 Å². The zero-order chi connectivity index (χ0) is 16.4. The maximum Gasteiger partial charge on any atom is 0.225 e. The van der Waals surface area contributed by atoms with Gasteiger partial charge in [0.15, 0.2) is 5.13 Å². The summed E-state index contributed by atoms with van der Waals surface area (Å²) in [5.41, 5.74) is 1.08. The van der Waals surface area contributed by atoms with Crippen molar-refractivity contribution in [1.82, 2.24) is 9.88 Å². The summed E-state index contributed by atoms with van der Waals surface area (Å²) in [4.78, 5) is 22.0. The topological polar surface area (TPSA) is 36.4 Å². The Morgan fingerprint density at radius 2 is 1.71 bits per heavy atom. The minimum absolute atomic E-state index is 0.216. The minimum Gasteiger partial charge on any atom is -0.348 e. The highest BCUT2D eigenvalue weighted by molar-refractivity contribution is 7.22. The number of nitrogens with zero attached hydrogens (tertiary/aromatic N) is 3. The van der Waals surface area contributed by atoms with Gasteiger partial charge in [-0.15, -0.1) is 0 Å². The molecule has 3 heterocycles. The van der Waals surface area contributed by atoms with Crippen molar-refractivity contribution in [1.29, 1.82) is 0 Å². The largest absolute Gasteiger partial charge is 0.348 e. The molecule has 0 unspecified atom stereocenters. The van der Waals surface area contributed by atoms with Gasteiger partial charge in [-0.25, -0.2) is 4.98 Å². The van der Waals surface area contributed by atoms with Crippen LogP contribution in [0, 0.1) is 5.92 Å². The predicted octanol–water partition coefficient (Wildman–Crippen LogP) is 3.92. The number of piperidine rings is 1. The van der Waals surface area contributed by atoms with Crippen LogP contribution in [0.4, 0.5) is 5.13 Å². The molecule has 1 amide bonds. The number of aromatic nitrogens is 1. The third kappa shape index (κ3) is 3.27. The number of hydrogen-bond donors (Lipinski definition) is 0. The second-order valence-electron chi connectivity index (χ2n) is 6.96. The fourth-order valence-electron chi connectivity index (χ4n) is 3.86. The molecule has 2 aliphatic rings. The van der Waals surface area contributed by atoms with Crippen molar-refractivity contribution in [3.63, 3.8) is 0 Å². The smallest absolute Gasteiger partial charge is 0.225 e. The average Bonchev–Trinajstić information content (AvgIpc) is 2.87. The number of para-hydroxylation sites is 1. The molecule has 4 rings (SSSR count). The summed E-state index contributed by atoms with van der Waals surface area (Å²) < 4.78 is 1.25. The fourth-order valence-corrected chi connectivity index (χ4v) is 4.88. The summed E-state index contributed by atoms with van der Waals surface area (Å²) >= 11 is 1.76. The van der Waals surface area contributed by atoms with E-state index in [-0.39, 0.29) is 5.92 Å². The van der Waals surface area contributed by atoms with E-state index < -0.39 is 0 Å². The molecular formula is C19H25N3OS. The molecule has 0 aliphatic carbocycles. The highest BCUT2D eigenvalue weighted by atomic mass is 32.1. The lowest BCUT2D eigenvalue weighted by Gasteiger charge is -2.33. The van der Waals surface area contributed by atoms with E-state index in [1.54, 1.807) is 11.3 Å². The quantitative estimate of drug-likeness (QED) is 0.829. The summed E-state index contributed by atoms with van der Waals surface area (Å²) in [7, 11) is 0. The van der Waals surface area contributed by atoms with Crippen LogP contribution in [0.25, 0.3) is 10.2 Å². The normalized spacial score (nSPS) is 20.3. The monoisotopic (exact) mass is 343 g/mol. The SMILES string of the molecule is O=C(C1CCN(c2nc3ccccc3s2)CC1)N1CCCCCC1. The van der Waals surface area contributed by atoms with Crippen LogP contribution in [-0.2, 0) is 4.79 Å². The van der Waals surface area contributed by atoms with Gasteiger partial charge in [-0.3, -0.25) is 4.79 Å². The first-order valence-corrected chi connectivity index (χ1v) is 10.0. The van der Waals surface area contributed by atoms with E-state index in [1.807, 2.05) is 6.07 Å².